The van der Waals surface area contributed by atoms with E-state index in [-0.39, 0.29) is 16.3 Å². The van der Waals surface area contributed by atoms with E-state index in [1.54, 1.807) is 6.07 Å². The molecule has 10 heteroatoms. The Labute approximate surface area is 193 Å². The van der Waals surface area contributed by atoms with Gasteiger partial charge in [0.05, 0.1) is 15.1 Å². The van der Waals surface area contributed by atoms with E-state index in [0.29, 0.717) is 34.9 Å². The van der Waals surface area contributed by atoms with Gasteiger partial charge in [-0.05, 0) is 60.0 Å². The molecule has 1 aliphatic rings. The summed E-state index contributed by atoms with van der Waals surface area (Å²) in [5.41, 5.74) is 8.33. The summed E-state index contributed by atoms with van der Waals surface area (Å²) in [4.78, 5) is 16.9. The molecular formula is C23H19FN4O3S2. The van der Waals surface area contributed by atoms with Crippen LogP contribution in [0.3, 0.4) is 0 Å². The van der Waals surface area contributed by atoms with Crippen molar-refractivity contribution in [3.8, 4) is 0 Å². The van der Waals surface area contributed by atoms with Crippen molar-refractivity contribution < 1.29 is 17.6 Å². The second-order valence-electron chi connectivity index (χ2n) is 7.59. The number of hydrogen-bond acceptors (Lipinski definition) is 6. The predicted octanol–water partition coefficient (Wildman–Crippen LogP) is 3.94. The maximum Gasteiger partial charge on any atom is 0.269 e. The number of nitrogens with zero attached hydrogens (tertiary/aromatic N) is 2. The number of amides is 1. The number of anilines is 1. The summed E-state index contributed by atoms with van der Waals surface area (Å²) in [5, 5.41) is 0.411. The SMILES string of the molecule is O=C(NNc1nc2ccc(F)cc2s1)c1ccc(S(=O)(=O)N2CCc3ccccc3C2)cc1. The molecule has 2 heterocycles. The number of carbonyl (C=O) groups is 1. The van der Waals surface area contributed by atoms with Crippen LogP contribution in [-0.4, -0.2) is 30.2 Å². The van der Waals surface area contributed by atoms with E-state index in [1.807, 2.05) is 24.3 Å². The van der Waals surface area contributed by atoms with Crippen LogP contribution >= 0.6 is 11.3 Å². The van der Waals surface area contributed by atoms with E-state index in [1.165, 1.54) is 57.6 Å². The van der Waals surface area contributed by atoms with Crippen molar-refractivity contribution in [3.05, 3.63) is 89.2 Å². The third kappa shape index (κ3) is 4.32. The molecule has 0 spiro atoms. The fourth-order valence-electron chi connectivity index (χ4n) is 3.74. The summed E-state index contributed by atoms with van der Waals surface area (Å²) >= 11 is 1.20. The fraction of sp³-hybridized carbons (Fsp3) is 0.130. The van der Waals surface area contributed by atoms with Crippen LogP contribution in [0.5, 0.6) is 0 Å². The summed E-state index contributed by atoms with van der Waals surface area (Å²) in [5.74, 6) is -0.804. The number of rotatable bonds is 5. The van der Waals surface area contributed by atoms with E-state index in [9.17, 15) is 17.6 Å². The Bertz CT molecular complexity index is 1450. The molecule has 0 fully saturated rings. The van der Waals surface area contributed by atoms with Gasteiger partial charge in [0, 0.05) is 18.7 Å². The summed E-state index contributed by atoms with van der Waals surface area (Å²) in [6, 6.07) is 17.9. The minimum Gasteiger partial charge on any atom is -0.273 e. The van der Waals surface area contributed by atoms with Gasteiger partial charge in [-0.25, -0.2) is 17.8 Å². The van der Waals surface area contributed by atoms with Gasteiger partial charge < -0.3 is 0 Å². The molecule has 2 N–H and O–H groups in total. The largest absolute Gasteiger partial charge is 0.273 e. The quantitative estimate of drug-likeness (QED) is 0.421. The minimum absolute atomic E-state index is 0.139. The first kappa shape index (κ1) is 21.5. The smallest absolute Gasteiger partial charge is 0.269 e. The van der Waals surface area contributed by atoms with Crippen molar-refractivity contribution >= 4 is 42.6 Å². The fourth-order valence-corrected chi connectivity index (χ4v) is 6.00. The van der Waals surface area contributed by atoms with Crippen LogP contribution < -0.4 is 10.9 Å². The number of hydrogen-bond donors (Lipinski definition) is 2. The highest BCUT2D eigenvalue weighted by Gasteiger charge is 2.28. The van der Waals surface area contributed by atoms with Crippen LogP contribution in [0, 0.1) is 5.82 Å². The number of halogens is 1. The summed E-state index contributed by atoms with van der Waals surface area (Å²) in [7, 11) is -3.67. The second kappa shape index (κ2) is 8.54. The number of nitrogens with one attached hydrogen (secondary N) is 2. The molecule has 0 radical (unpaired) electrons. The van der Waals surface area contributed by atoms with Crippen molar-refractivity contribution in [2.24, 2.45) is 0 Å². The number of hydrazine groups is 1. The number of fused-ring (bicyclic) bond motifs is 2. The van der Waals surface area contributed by atoms with Crippen molar-refractivity contribution in [2.45, 2.75) is 17.9 Å². The normalized spacial score (nSPS) is 14.1. The maximum absolute atomic E-state index is 13.3. The van der Waals surface area contributed by atoms with E-state index in [4.69, 9.17) is 0 Å². The first-order valence-corrected chi connectivity index (χ1v) is 12.5. The molecule has 168 valence electrons. The van der Waals surface area contributed by atoms with Gasteiger partial charge >= 0.3 is 0 Å². The van der Waals surface area contributed by atoms with Crippen LogP contribution in [-0.2, 0) is 23.0 Å². The van der Waals surface area contributed by atoms with Gasteiger partial charge in [-0.3, -0.25) is 15.6 Å². The molecule has 4 aromatic rings. The molecule has 0 atom stereocenters. The molecule has 0 aliphatic carbocycles. The number of benzene rings is 3. The van der Waals surface area contributed by atoms with Gasteiger partial charge in [-0.15, -0.1) is 0 Å². The Hall–Kier alpha value is -3.34. The highest BCUT2D eigenvalue weighted by Crippen LogP contribution is 2.27. The van der Waals surface area contributed by atoms with Crippen molar-refractivity contribution in [3.63, 3.8) is 0 Å². The first-order chi connectivity index (χ1) is 15.9. The standard InChI is InChI=1S/C23H19FN4O3S2/c24-18-7-10-20-21(13-18)32-23(25-20)27-26-22(29)16-5-8-19(9-6-16)33(30,31)28-12-11-15-3-1-2-4-17(15)14-28/h1-10,13H,11-12,14H2,(H,25,27)(H,26,29). The Morgan fingerprint density at radius 3 is 2.58 bits per heavy atom. The highest BCUT2D eigenvalue weighted by molar-refractivity contribution is 7.89. The van der Waals surface area contributed by atoms with Crippen molar-refractivity contribution in [1.82, 2.24) is 14.7 Å². The molecule has 5 rings (SSSR count). The van der Waals surface area contributed by atoms with Crippen molar-refractivity contribution in [2.75, 3.05) is 12.0 Å². The van der Waals surface area contributed by atoms with Crippen LogP contribution in [0.4, 0.5) is 9.52 Å². The van der Waals surface area contributed by atoms with Gasteiger partial charge in [-0.2, -0.15) is 4.31 Å². The van der Waals surface area contributed by atoms with Crippen LogP contribution in [0.25, 0.3) is 10.2 Å². The molecule has 0 saturated carbocycles. The molecule has 1 aliphatic heterocycles. The predicted molar refractivity (Wildman–Crippen MR) is 125 cm³/mol. The van der Waals surface area contributed by atoms with Gasteiger partial charge in [-0.1, -0.05) is 35.6 Å². The summed E-state index contributed by atoms with van der Waals surface area (Å²) in [6.45, 7) is 0.744. The van der Waals surface area contributed by atoms with E-state index in [2.05, 4.69) is 15.8 Å². The lowest BCUT2D eigenvalue weighted by molar-refractivity contribution is 0.0962. The Morgan fingerprint density at radius 1 is 1.03 bits per heavy atom. The molecule has 33 heavy (non-hydrogen) atoms. The monoisotopic (exact) mass is 482 g/mol. The van der Waals surface area contributed by atoms with Gasteiger partial charge in [0.15, 0.2) is 0 Å². The molecule has 0 saturated heterocycles. The first-order valence-electron chi connectivity index (χ1n) is 10.2. The molecule has 3 aromatic carbocycles. The minimum atomic E-state index is -3.67. The second-order valence-corrected chi connectivity index (χ2v) is 10.6. The molecule has 7 nitrogen and oxygen atoms in total. The number of carbonyl (C=O) groups excluding carboxylic acids is 1. The lowest BCUT2D eigenvalue weighted by Crippen LogP contribution is -2.36. The van der Waals surface area contributed by atoms with Crippen LogP contribution in [0.1, 0.15) is 21.5 Å². The zero-order chi connectivity index (χ0) is 23.0. The van der Waals surface area contributed by atoms with Crippen LogP contribution in [0.2, 0.25) is 0 Å². The average molecular weight is 483 g/mol. The Kier molecular flexibility index (Phi) is 5.57. The topological polar surface area (TPSA) is 91.4 Å². The Morgan fingerprint density at radius 2 is 1.79 bits per heavy atom. The lowest BCUT2D eigenvalue weighted by atomic mass is 10.0. The molecular weight excluding hydrogens is 463 g/mol. The molecule has 0 bridgehead atoms. The molecule has 0 unspecified atom stereocenters. The number of aromatic nitrogens is 1. The maximum atomic E-state index is 13.3. The summed E-state index contributed by atoms with van der Waals surface area (Å²) < 4.78 is 41.6. The van der Waals surface area contributed by atoms with Gasteiger partial charge in [0.1, 0.15) is 5.82 Å². The summed E-state index contributed by atoms with van der Waals surface area (Å²) in [6.07, 6.45) is 0.667. The van der Waals surface area contributed by atoms with Gasteiger partial charge in [0.25, 0.3) is 5.91 Å². The van der Waals surface area contributed by atoms with E-state index >= 15 is 0 Å². The Balaban J connectivity index is 1.26. The van der Waals surface area contributed by atoms with E-state index in [0.717, 1.165) is 5.56 Å². The molecule has 1 amide bonds. The lowest BCUT2D eigenvalue weighted by Gasteiger charge is -2.28. The third-order valence-corrected chi connectivity index (χ3v) is 8.28. The zero-order valence-electron chi connectivity index (χ0n) is 17.3. The van der Waals surface area contributed by atoms with Crippen LogP contribution in [0.15, 0.2) is 71.6 Å². The average Bonchev–Trinajstić information content (AvgIpc) is 3.24. The molecule has 1 aromatic heterocycles. The van der Waals surface area contributed by atoms with E-state index < -0.39 is 15.9 Å². The van der Waals surface area contributed by atoms with Gasteiger partial charge in [0.2, 0.25) is 15.2 Å². The number of sulfonamides is 1. The highest BCUT2D eigenvalue weighted by atomic mass is 32.2. The third-order valence-electron chi connectivity index (χ3n) is 5.48. The van der Waals surface area contributed by atoms with Crippen molar-refractivity contribution in [1.29, 1.82) is 0 Å². The zero-order valence-corrected chi connectivity index (χ0v) is 18.9. The number of thiazole rings is 1.